The van der Waals surface area contributed by atoms with Crippen LogP contribution in [0, 0.1) is 17.8 Å². The van der Waals surface area contributed by atoms with E-state index < -0.39 is 78.0 Å². The summed E-state index contributed by atoms with van der Waals surface area (Å²) in [5, 5.41) is 55.3. The molecule has 0 amide bonds. The Morgan fingerprint density at radius 1 is 1.06 bits per heavy atom. The molecule has 0 saturated carbocycles. The maximum Gasteiger partial charge on any atom is 0.184 e. The van der Waals surface area contributed by atoms with Gasteiger partial charge in [0.25, 0.3) is 0 Å². The fourth-order valence-corrected chi connectivity index (χ4v) is 8.65. The van der Waals surface area contributed by atoms with Crippen LogP contribution in [0.5, 0.6) is 0 Å². The van der Waals surface area contributed by atoms with Crippen molar-refractivity contribution in [3.63, 3.8) is 0 Å². The number of nitrogens with two attached hydrogens (primary N) is 1. The van der Waals surface area contributed by atoms with Gasteiger partial charge >= 0.3 is 0 Å². The first-order valence-corrected chi connectivity index (χ1v) is 19.6. The van der Waals surface area contributed by atoms with Crippen LogP contribution in [0.15, 0.2) is 0 Å². The molecule has 0 radical (unpaired) electrons. The van der Waals surface area contributed by atoms with E-state index >= 15 is 0 Å². The smallest absolute Gasteiger partial charge is 0.184 e. The summed E-state index contributed by atoms with van der Waals surface area (Å²) in [6.07, 6.45) is -3.80. The van der Waals surface area contributed by atoms with Crippen LogP contribution in [0.25, 0.3) is 0 Å². The number of aliphatic hydroxyl groups excluding tert-OH is 3. The van der Waals surface area contributed by atoms with Gasteiger partial charge in [-0.3, -0.25) is 10.2 Å². The lowest BCUT2D eigenvalue weighted by molar-refractivity contribution is -0.314. The molecule has 0 aliphatic carbocycles. The highest BCUT2D eigenvalue weighted by Gasteiger charge is 2.60. The van der Waals surface area contributed by atoms with Crippen molar-refractivity contribution >= 4 is 0 Å². The summed E-state index contributed by atoms with van der Waals surface area (Å²) in [4.78, 5) is 6.86. The van der Waals surface area contributed by atoms with E-state index in [2.05, 4.69) is 11.8 Å². The van der Waals surface area contributed by atoms with E-state index in [-0.39, 0.29) is 30.6 Å². The summed E-state index contributed by atoms with van der Waals surface area (Å²) in [5.74, 6) is -0.514. The van der Waals surface area contributed by atoms with E-state index in [1.165, 1.54) is 0 Å². The van der Waals surface area contributed by atoms with Gasteiger partial charge in [-0.05, 0) is 91.6 Å². The van der Waals surface area contributed by atoms with E-state index in [4.69, 9.17) is 39.0 Å². The number of methoxy groups -OCH3 is 1. The van der Waals surface area contributed by atoms with Crippen molar-refractivity contribution in [2.24, 2.45) is 23.5 Å². The molecule has 52 heavy (non-hydrogen) atoms. The van der Waals surface area contributed by atoms with E-state index in [9.17, 15) is 25.7 Å². The van der Waals surface area contributed by atoms with Gasteiger partial charge in [0.05, 0.1) is 42.2 Å². The predicted octanol–water partition coefficient (Wildman–Crippen LogP) is 3.05. The zero-order valence-electron chi connectivity index (χ0n) is 33.8. The molecule has 0 bridgehead atoms. The molecule has 9 unspecified atom stereocenters. The second kappa shape index (κ2) is 19.5. The Kier molecular flexibility index (Phi) is 17.2. The van der Waals surface area contributed by atoms with Crippen LogP contribution in [0.4, 0.5) is 0 Å². The van der Waals surface area contributed by atoms with Crippen molar-refractivity contribution in [1.82, 2.24) is 4.90 Å². The Labute approximate surface area is 312 Å². The third-order valence-corrected chi connectivity index (χ3v) is 11.9. The minimum Gasteiger partial charge on any atom is -0.388 e. The molecule has 0 spiro atoms. The SMILES string of the molecule is CC[C@H](OO)C1(C(O)[C@@H](C)N(CCCN)CC(C)CC(C)(O)[C@@H](O[C@@H]2OC(C)CC[C@@H]2O)C(C)[C@@H](O[C@@H]2CC(C)(OC)C(O)C(C)O2)C(C)C)CO1. The number of epoxide rings is 1. The molecule has 0 aromatic carbocycles. The number of hydrogen-bond acceptors (Lipinski definition) is 14. The van der Waals surface area contributed by atoms with Gasteiger partial charge in [-0.25, -0.2) is 4.89 Å². The number of rotatable bonds is 22. The van der Waals surface area contributed by atoms with Crippen molar-refractivity contribution in [1.29, 1.82) is 0 Å². The van der Waals surface area contributed by atoms with Crippen LogP contribution < -0.4 is 5.73 Å². The molecule has 3 aliphatic heterocycles. The lowest BCUT2D eigenvalue weighted by Crippen LogP contribution is -2.58. The number of hydrogen-bond donors (Lipinski definition) is 6. The second-order valence-electron chi connectivity index (χ2n) is 16.9. The monoisotopic (exact) mass is 751 g/mol. The fourth-order valence-electron chi connectivity index (χ4n) is 8.65. The predicted molar refractivity (Wildman–Crippen MR) is 195 cm³/mol. The van der Waals surface area contributed by atoms with E-state index in [0.29, 0.717) is 58.2 Å². The molecule has 3 saturated heterocycles. The topological polar surface area (TPSA) is 198 Å². The van der Waals surface area contributed by atoms with Gasteiger partial charge < -0.3 is 54.6 Å². The Morgan fingerprint density at radius 2 is 1.71 bits per heavy atom. The largest absolute Gasteiger partial charge is 0.388 e. The standard InChI is InChI=1S/C38H74N2O12/c1-12-29(52-45)38(21-47-38)32(42)26(7)40(17-13-16-39)20-23(4)18-36(9,44)34(51-35-28(41)15-14-24(5)48-35)25(6)31(22(2)3)50-30-19-37(10,46-11)33(43)27(8)49-30/h22-35,41-45H,12-21,39H2,1-11H3/t23?,24?,25?,26-,27?,28+,29+,30-,31+,32?,33?,34+,35+,36?,37?,38?/m1/s1. The average Bonchev–Trinajstić information content (AvgIpc) is 3.89. The van der Waals surface area contributed by atoms with Gasteiger partial charge in [0.15, 0.2) is 12.6 Å². The van der Waals surface area contributed by atoms with Crippen LogP contribution in [-0.4, -0.2) is 148 Å². The second-order valence-corrected chi connectivity index (χ2v) is 16.9. The zero-order valence-corrected chi connectivity index (χ0v) is 33.8. The Morgan fingerprint density at radius 3 is 2.25 bits per heavy atom. The molecule has 16 atom stereocenters. The lowest BCUT2D eigenvalue weighted by atomic mass is 9.78. The highest BCUT2D eigenvalue weighted by molar-refractivity contribution is 5.08. The Bertz CT molecular complexity index is 1050. The van der Waals surface area contributed by atoms with E-state index in [1.807, 2.05) is 48.5 Å². The summed E-state index contributed by atoms with van der Waals surface area (Å²) >= 11 is 0. The molecule has 3 aliphatic rings. The summed E-state index contributed by atoms with van der Waals surface area (Å²) in [6.45, 7) is 21.2. The van der Waals surface area contributed by atoms with E-state index in [1.54, 1.807) is 21.0 Å². The molecule has 3 rings (SSSR count). The van der Waals surface area contributed by atoms with E-state index in [0.717, 1.165) is 0 Å². The van der Waals surface area contributed by atoms with Gasteiger partial charge in [-0.15, -0.1) is 0 Å². The molecule has 0 aromatic rings. The first-order valence-electron chi connectivity index (χ1n) is 19.6. The molecule has 0 aromatic heterocycles. The molecule has 14 heteroatoms. The lowest BCUT2D eigenvalue weighted by Gasteiger charge is -2.48. The number of ether oxygens (including phenoxy) is 6. The summed E-state index contributed by atoms with van der Waals surface area (Å²) in [5.41, 5.74) is 2.64. The fraction of sp³-hybridized carbons (Fsp3) is 1.00. The van der Waals surface area contributed by atoms with Crippen molar-refractivity contribution in [2.75, 3.05) is 33.4 Å². The molecular weight excluding hydrogens is 676 g/mol. The van der Waals surface area contributed by atoms with Crippen LogP contribution in [0.2, 0.25) is 0 Å². The maximum atomic E-state index is 12.5. The average molecular weight is 751 g/mol. The molecule has 14 nitrogen and oxygen atoms in total. The van der Waals surface area contributed by atoms with Gasteiger partial charge in [0.1, 0.15) is 30.0 Å². The Hall–Kier alpha value is -0.560. The molecule has 3 heterocycles. The van der Waals surface area contributed by atoms with Crippen LogP contribution in [0.1, 0.15) is 108 Å². The summed E-state index contributed by atoms with van der Waals surface area (Å²) in [6, 6.07) is -0.364. The van der Waals surface area contributed by atoms with Crippen molar-refractivity contribution in [3.8, 4) is 0 Å². The van der Waals surface area contributed by atoms with Crippen molar-refractivity contribution in [2.45, 2.75) is 192 Å². The number of aliphatic hydroxyl groups is 4. The van der Waals surface area contributed by atoms with Gasteiger partial charge in [0.2, 0.25) is 0 Å². The third-order valence-electron chi connectivity index (χ3n) is 11.9. The molecule has 7 N–H and O–H groups in total. The molecular formula is C38H74N2O12. The van der Waals surface area contributed by atoms with Gasteiger partial charge in [-0.1, -0.05) is 34.6 Å². The van der Waals surface area contributed by atoms with Crippen LogP contribution in [0.3, 0.4) is 0 Å². The normalized spacial score (nSPS) is 36.5. The van der Waals surface area contributed by atoms with Crippen LogP contribution >= 0.6 is 0 Å². The number of nitrogens with zero attached hydrogens (tertiary/aromatic N) is 1. The first-order chi connectivity index (χ1) is 24.3. The van der Waals surface area contributed by atoms with Crippen molar-refractivity contribution < 1.29 is 59.0 Å². The first kappa shape index (κ1) is 45.8. The summed E-state index contributed by atoms with van der Waals surface area (Å²) in [7, 11) is 1.57. The quantitative estimate of drug-likeness (QED) is 0.0536. The molecule has 3 fully saturated rings. The van der Waals surface area contributed by atoms with Gasteiger partial charge in [-0.2, -0.15) is 0 Å². The minimum absolute atomic E-state index is 0.0223. The minimum atomic E-state index is -1.42. The summed E-state index contributed by atoms with van der Waals surface area (Å²) < 4.78 is 37.0. The Balaban J connectivity index is 1.87. The third kappa shape index (κ3) is 11.1. The van der Waals surface area contributed by atoms with Crippen LogP contribution in [-0.2, 0) is 33.3 Å². The van der Waals surface area contributed by atoms with Crippen molar-refractivity contribution in [3.05, 3.63) is 0 Å². The maximum absolute atomic E-state index is 12.5. The highest BCUT2D eigenvalue weighted by Crippen LogP contribution is 2.41. The highest BCUT2D eigenvalue weighted by atomic mass is 17.1. The molecule has 308 valence electrons. The van der Waals surface area contributed by atoms with Gasteiger partial charge in [0, 0.05) is 32.0 Å². The zero-order chi connectivity index (χ0) is 39.2.